The van der Waals surface area contributed by atoms with E-state index in [0.29, 0.717) is 33.3 Å². The maximum atomic E-state index is 12.2. The molecule has 36 heavy (non-hydrogen) atoms. The van der Waals surface area contributed by atoms with E-state index in [9.17, 15) is 4.79 Å². The number of nitrogens with one attached hydrogen (secondary N) is 2. The zero-order valence-electron chi connectivity index (χ0n) is 19.5. The third kappa shape index (κ3) is 5.82. The number of amides is 1. The molecule has 0 saturated heterocycles. The molecule has 0 bridgehead atoms. The summed E-state index contributed by atoms with van der Waals surface area (Å²) in [5.41, 5.74) is 3.96. The second-order valence-electron chi connectivity index (χ2n) is 8.05. The number of nitrogens with zero attached hydrogens (tertiary/aromatic N) is 4. The summed E-state index contributed by atoms with van der Waals surface area (Å²) in [4.78, 5) is 20.9. The Labute approximate surface area is 218 Å². The lowest BCUT2D eigenvalue weighted by atomic mass is 9.97. The predicted molar refractivity (Wildman–Crippen MR) is 140 cm³/mol. The normalized spacial score (nSPS) is 11.5. The van der Waals surface area contributed by atoms with Crippen molar-refractivity contribution >= 4 is 40.6 Å². The molecule has 1 unspecified atom stereocenters. The van der Waals surface area contributed by atoms with Gasteiger partial charge >= 0.3 is 0 Å². The van der Waals surface area contributed by atoms with Crippen LogP contribution in [0.3, 0.4) is 0 Å². The number of carbonyl (C=O) groups excluding carboxylic acids is 1. The molecule has 1 amide bonds. The second-order valence-corrected chi connectivity index (χ2v) is 8.89. The van der Waals surface area contributed by atoms with Crippen LogP contribution in [0.5, 0.6) is 0 Å². The first-order valence-electron chi connectivity index (χ1n) is 11.1. The molecule has 2 aromatic heterocycles. The van der Waals surface area contributed by atoms with Crippen molar-refractivity contribution in [3.8, 4) is 28.7 Å². The highest BCUT2D eigenvalue weighted by Gasteiger charge is 2.17. The molecule has 0 fully saturated rings. The lowest BCUT2D eigenvalue weighted by Gasteiger charge is -2.19. The zero-order chi connectivity index (χ0) is 25.7. The minimum absolute atomic E-state index is 0.0762. The van der Waals surface area contributed by atoms with Gasteiger partial charge in [-0.1, -0.05) is 52.6 Å². The maximum Gasteiger partial charge on any atom is 0.258 e. The number of pyridine rings is 1. The van der Waals surface area contributed by atoms with Gasteiger partial charge in [-0.2, -0.15) is 10.2 Å². The topological polar surface area (TPSA) is 117 Å². The molecular formula is C26H22Cl2N6O2. The zero-order valence-corrected chi connectivity index (χ0v) is 21.1. The van der Waals surface area contributed by atoms with E-state index < -0.39 is 0 Å². The average molecular weight is 521 g/mol. The Bertz CT molecular complexity index is 1430. The number of benzene rings is 2. The Morgan fingerprint density at radius 1 is 1.14 bits per heavy atom. The van der Waals surface area contributed by atoms with Crippen LogP contribution in [0.1, 0.15) is 37.2 Å². The number of hydrogen-bond donors (Lipinski definition) is 2. The minimum atomic E-state index is -0.305. The molecule has 8 nitrogen and oxygen atoms in total. The third-order valence-electron chi connectivity index (χ3n) is 5.44. The second kappa shape index (κ2) is 11.2. The maximum absolute atomic E-state index is 12.2. The highest BCUT2D eigenvalue weighted by molar-refractivity contribution is 6.34. The average Bonchev–Trinajstić information content (AvgIpc) is 3.30. The largest absolute Gasteiger partial charge is 0.362 e. The molecule has 0 aliphatic rings. The van der Waals surface area contributed by atoms with Crippen molar-refractivity contribution in [3.63, 3.8) is 0 Å². The van der Waals surface area contributed by atoms with E-state index in [1.165, 1.54) is 0 Å². The molecule has 1 atom stereocenters. The summed E-state index contributed by atoms with van der Waals surface area (Å²) in [6, 6.07) is 16.9. The summed E-state index contributed by atoms with van der Waals surface area (Å²) in [5.74, 6) is 1.11. The first kappa shape index (κ1) is 25.2. The van der Waals surface area contributed by atoms with Crippen molar-refractivity contribution in [3.05, 3.63) is 76.2 Å². The molecule has 2 heterocycles. The molecule has 0 aliphatic carbocycles. The first-order valence-corrected chi connectivity index (χ1v) is 11.9. The number of anilines is 2. The molecule has 2 N–H and O–H groups in total. The van der Waals surface area contributed by atoms with Crippen molar-refractivity contribution in [1.29, 1.82) is 5.26 Å². The van der Waals surface area contributed by atoms with Gasteiger partial charge in [-0.25, -0.2) is 4.98 Å². The summed E-state index contributed by atoms with van der Waals surface area (Å²) in [6.07, 6.45) is 1.76. The molecule has 10 heteroatoms. The van der Waals surface area contributed by atoms with E-state index in [-0.39, 0.29) is 24.8 Å². The summed E-state index contributed by atoms with van der Waals surface area (Å²) in [7, 11) is 0. The first-order chi connectivity index (χ1) is 17.4. The Morgan fingerprint density at radius 3 is 2.61 bits per heavy atom. The van der Waals surface area contributed by atoms with Crippen molar-refractivity contribution in [1.82, 2.24) is 15.1 Å². The molecule has 4 aromatic rings. The summed E-state index contributed by atoms with van der Waals surface area (Å²) in [5, 5.41) is 19.6. The minimum Gasteiger partial charge on any atom is -0.362 e. The molecule has 2 aromatic carbocycles. The number of carbonyl (C=O) groups is 1. The van der Waals surface area contributed by atoms with E-state index in [4.69, 9.17) is 33.0 Å². The van der Waals surface area contributed by atoms with E-state index in [2.05, 4.69) is 25.8 Å². The Morgan fingerprint density at radius 2 is 1.92 bits per heavy atom. The van der Waals surface area contributed by atoms with Gasteiger partial charge < -0.3 is 15.2 Å². The van der Waals surface area contributed by atoms with Crippen LogP contribution in [0.25, 0.3) is 22.6 Å². The molecular weight excluding hydrogens is 499 g/mol. The standard InChI is InChI=1S/C26H22Cl2N6O2/c1-15(31-25-24(22(28)11-13-30-25)33-23(35)4-3-12-29)17-5-7-18(8-6-17)21-14-19(27)9-10-20(21)26-32-16(2)34-36-26/h5-11,13-15H,3-4H2,1-2H3,(H,30,31)(H,33,35). The van der Waals surface area contributed by atoms with Crippen molar-refractivity contribution in [2.75, 3.05) is 10.6 Å². The van der Waals surface area contributed by atoms with E-state index in [0.717, 1.165) is 22.3 Å². The van der Waals surface area contributed by atoms with Gasteiger partial charge in [0.1, 0.15) is 5.69 Å². The Balaban J connectivity index is 1.56. The number of hydrogen-bond acceptors (Lipinski definition) is 7. The van der Waals surface area contributed by atoms with Crippen LogP contribution in [-0.2, 0) is 4.79 Å². The SMILES string of the molecule is Cc1noc(-c2ccc(Cl)cc2-c2ccc(C(C)Nc3nccc(Cl)c3NC(=O)CCC#N)cc2)n1. The smallest absolute Gasteiger partial charge is 0.258 e. The lowest BCUT2D eigenvalue weighted by Crippen LogP contribution is -2.15. The van der Waals surface area contributed by atoms with Crippen LogP contribution in [0.15, 0.2) is 59.3 Å². The van der Waals surface area contributed by atoms with Crippen LogP contribution in [0.4, 0.5) is 11.5 Å². The molecule has 0 spiro atoms. The van der Waals surface area contributed by atoms with Gasteiger partial charge in [0.2, 0.25) is 5.91 Å². The van der Waals surface area contributed by atoms with Crippen molar-refractivity contribution in [2.45, 2.75) is 32.7 Å². The number of halogens is 2. The summed E-state index contributed by atoms with van der Waals surface area (Å²) in [6.45, 7) is 3.74. The number of aryl methyl sites for hydroxylation is 1. The van der Waals surface area contributed by atoms with Crippen LogP contribution in [0.2, 0.25) is 10.0 Å². The van der Waals surface area contributed by atoms with E-state index >= 15 is 0 Å². The molecule has 0 aliphatic heterocycles. The van der Waals surface area contributed by atoms with Gasteiger partial charge in [-0.15, -0.1) is 0 Å². The number of rotatable bonds is 8. The predicted octanol–water partition coefficient (Wildman–Crippen LogP) is 6.83. The van der Waals surface area contributed by atoms with Gasteiger partial charge in [0, 0.05) is 29.6 Å². The quantitative estimate of drug-likeness (QED) is 0.261. The van der Waals surface area contributed by atoms with Crippen molar-refractivity contribution < 1.29 is 9.32 Å². The van der Waals surface area contributed by atoms with Gasteiger partial charge in [-0.3, -0.25) is 4.79 Å². The number of aromatic nitrogens is 3. The fourth-order valence-electron chi connectivity index (χ4n) is 3.63. The number of nitriles is 1. The van der Waals surface area contributed by atoms with E-state index in [1.54, 1.807) is 25.3 Å². The fraction of sp³-hybridized carbons (Fsp3) is 0.192. The fourth-order valence-corrected chi connectivity index (χ4v) is 3.99. The molecule has 182 valence electrons. The van der Waals surface area contributed by atoms with Crippen molar-refractivity contribution in [2.24, 2.45) is 0 Å². The highest BCUT2D eigenvalue weighted by Crippen LogP contribution is 2.35. The van der Waals surface area contributed by atoms with Crippen LogP contribution in [-0.4, -0.2) is 21.0 Å². The summed E-state index contributed by atoms with van der Waals surface area (Å²) >= 11 is 12.6. The van der Waals surface area contributed by atoms with Gasteiger partial charge in [0.25, 0.3) is 5.89 Å². The highest BCUT2D eigenvalue weighted by atomic mass is 35.5. The van der Waals surface area contributed by atoms with Crippen LogP contribution < -0.4 is 10.6 Å². The Kier molecular flexibility index (Phi) is 7.84. The monoisotopic (exact) mass is 520 g/mol. The summed E-state index contributed by atoms with van der Waals surface area (Å²) < 4.78 is 5.37. The van der Waals surface area contributed by atoms with Crippen LogP contribution >= 0.6 is 23.2 Å². The molecule has 4 rings (SSSR count). The van der Waals surface area contributed by atoms with Crippen LogP contribution in [0, 0.1) is 18.3 Å². The van der Waals surface area contributed by atoms with Gasteiger partial charge in [-0.05, 0) is 54.8 Å². The molecule has 0 radical (unpaired) electrons. The third-order valence-corrected chi connectivity index (χ3v) is 5.99. The molecule has 0 saturated carbocycles. The van der Waals surface area contributed by atoms with E-state index in [1.807, 2.05) is 49.4 Å². The van der Waals surface area contributed by atoms with Gasteiger partial charge in [0.05, 0.1) is 17.1 Å². The Hall–Kier alpha value is -3.93. The van der Waals surface area contributed by atoms with Gasteiger partial charge in [0.15, 0.2) is 11.6 Å². The lowest BCUT2D eigenvalue weighted by molar-refractivity contribution is -0.116.